The van der Waals surface area contributed by atoms with Gasteiger partial charge in [-0.3, -0.25) is 0 Å². The third-order valence-corrected chi connectivity index (χ3v) is 3.09. The molecule has 1 rings (SSSR count). The van der Waals surface area contributed by atoms with E-state index in [2.05, 4.69) is 60.7 Å². The van der Waals surface area contributed by atoms with Crippen molar-refractivity contribution in [2.45, 2.75) is 30.1 Å². The van der Waals surface area contributed by atoms with Crippen molar-refractivity contribution >= 4 is 22.6 Å². The molecule has 0 spiro atoms. The number of allylic oxidation sites excluding steroid dienone is 4. The van der Waals surface area contributed by atoms with E-state index in [0.717, 1.165) is 5.92 Å². The molecule has 0 nitrogen and oxygen atoms in total. The van der Waals surface area contributed by atoms with E-state index < -0.39 is 0 Å². The van der Waals surface area contributed by atoms with E-state index in [9.17, 15) is 0 Å². The van der Waals surface area contributed by atoms with Gasteiger partial charge in [0.15, 0.2) is 0 Å². The molecule has 1 aliphatic carbocycles. The summed E-state index contributed by atoms with van der Waals surface area (Å²) in [5, 5.41) is 0. The predicted molar refractivity (Wildman–Crippen MR) is 59.1 cm³/mol. The molecule has 0 saturated heterocycles. The van der Waals surface area contributed by atoms with Crippen LogP contribution in [-0.4, -0.2) is 3.42 Å². The molecule has 1 atom stereocenters. The van der Waals surface area contributed by atoms with Gasteiger partial charge in [-0.15, -0.1) is 0 Å². The first-order chi connectivity index (χ1) is 5.12. The zero-order valence-electron chi connectivity index (χ0n) is 7.18. The minimum absolute atomic E-state index is 0.403. The summed E-state index contributed by atoms with van der Waals surface area (Å²) in [5.74, 6) is 0.794. The fraction of sp³-hybridized carbons (Fsp3) is 0.600. The van der Waals surface area contributed by atoms with Crippen molar-refractivity contribution in [3.8, 4) is 0 Å². The van der Waals surface area contributed by atoms with Crippen molar-refractivity contribution in [1.29, 1.82) is 0 Å². The van der Waals surface area contributed by atoms with Crippen LogP contribution in [0.3, 0.4) is 0 Å². The van der Waals surface area contributed by atoms with Crippen LogP contribution in [0, 0.1) is 5.92 Å². The summed E-state index contributed by atoms with van der Waals surface area (Å²) < 4.78 is 0.403. The van der Waals surface area contributed by atoms with E-state index in [0.29, 0.717) is 3.42 Å². The van der Waals surface area contributed by atoms with Crippen molar-refractivity contribution in [2.75, 3.05) is 0 Å². The van der Waals surface area contributed by atoms with Crippen LogP contribution in [0.5, 0.6) is 0 Å². The molecular formula is C10H15I. The smallest absolute Gasteiger partial charge is 0.0440 e. The zero-order valence-corrected chi connectivity index (χ0v) is 9.34. The lowest BCUT2D eigenvalue weighted by molar-refractivity contribution is 0.524. The first kappa shape index (κ1) is 9.30. The maximum absolute atomic E-state index is 2.57. The monoisotopic (exact) mass is 262 g/mol. The second-order valence-corrected chi connectivity index (χ2v) is 5.77. The molecule has 0 fully saturated rings. The van der Waals surface area contributed by atoms with Crippen molar-refractivity contribution in [1.82, 2.24) is 0 Å². The molecule has 0 amide bonds. The molecule has 11 heavy (non-hydrogen) atoms. The number of hydrogen-bond donors (Lipinski definition) is 0. The summed E-state index contributed by atoms with van der Waals surface area (Å²) in [4.78, 5) is 0. The molecule has 0 aromatic heterocycles. The van der Waals surface area contributed by atoms with Gasteiger partial charge in [0.25, 0.3) is 0 Å². The maximum atomic E-state index is 2.57. The Balaban J connectivity index is 2.54. The van der Waals surface area contributed by atoms with Crippen LogP contribution in [0.25, 0.3) is 0 Å². The van der Waals surface area contributed by atoms with Gasteiger partial charge in [-0.1, -0.05) is 60.7 Å². The maximum Gasteiger partial charge on any atom is 0.0440 e. The number of alkyl halides is 1. The van der Waals surface area contributed by atoms with Crippen LogP contribution in [0.15, 0.2) is 24.3 Å². The minimum Gasteiger partial charge on any atom is -0.0829 e. The lowest BCUT2D eigenvalue weighted by Gasteiger charge is -2.26. The molecule has 0 aromatic carbocycles. The van der Waals surface area contributed by atoms with E-state index in [1.165, 1.54) is 12.8 Å². The van der Waals surface area contributed by atoms with Crippen LogP contribution in [-0.2, 0) is 0 Å². The summed E-state index contributed by atoms with van der Waals surface area (Å²) in [6, 6.07) is 0. The molecule has 0 aliphatic heterocycles. The van der Waals surface area contributed by atoms with Gasteiger partial charge in [-0.05, 0) is 18.8 Å². The van der Waals surface area contributed by atoms with Gasteiger partial charge in [0.2, 0.25) is 0 Å². The highest BCUT2D eigenvalue weighted by Gasteiger charge is 2.23. The molecule has 0 radical (unpaired) electrons. The van der Waals surface area contributed by atoms with Gasteiger partial charge < -0.3 is 0 Å². The Bertz CT molecular complexity index is 179. The summed E-state index contributed by atoms with van der Waals surface area (Å²) in [6.45, 7) is 4.57. The van der Waals surface area contributed by atoms with Gasteiger partial charge in [0, 0.05) is 3.42 Å². The van der Waals surface area contributed by atoms with E-state index in [4.69, 9.17) is 0 Å². The molecule has 62 valence electrons. The van der Waals surface area contributed by atoms with Gasteiger partial charge in [-0.25, -0.2) is 0 Å². The third kappa shape index (κ3) is 2.97. The Morgan fingerprint density at radius 1 is 1.45 bits per heavy atom. The topological polar surface area (TPSA) is 0 Å². The number of hydrogen-bond acceptors (Lipinski definition) is 0. The second-order valence-electron chi connectivity index (χ2n) is 3.62. The quantitative estimate of drug-likeness (QED) is 0.525. The van der Waals surface area contributed by atoms with E-state index in [-0.39, 0.29) is 0 Å². The normalized spacial score (nSPS) is 29.8. The van der Waals surface area contributed by atoms with Crippen molar-refractivity contribution < 1.29 is 0 Å². The van der Waals surface area contributed by atoms with Crippen LogP contribution in [0.4, 0.5) is 0 Å². The van der Waals surface area contributed by atoms with Crippen molar-refractivity contribution in [3.63, 3.8) is 0 Å². The average molecular weight is 262 g/mol. The number of halogens is 1. The largest absolute Gasteiger partial charge is 0.0829 e. The molecule has 1 unspecified atom stereocenters. The lowest BCUT2D eigenvalue weighted by Crippen LogP contribution is -2.20. The molecule has 1 heteroatoms. The van der Waals surface area contributed by atoms with Crippen LogP contribution in [0.1, 0.15) is 26.7 Å². The Hall–Kier alpha value is 0.210. The Morgan fingerprint density at radius 2 is 2.18 bits per heavy atom. The first-order valence-electron chi connectivity index (χ1n) is 4.16. The van der Waals surface area contributed by atoms with Gasteiger partial charge in [0.05, 0.1) is 0 Å². The van der Waals surface area contributed by atoms with Gasteiger partial charge in [0.1, 0.15) is 0 Å². The van der Waals surface area contributed by atoms with Crippen molar-refractivity contribution in [3.05, 3.63) is 24.3 Å². The lowest BCUT2D eigenvalue weighted by atomic mass is 9.91. The second kappa shape index (κ2) is 3.74. The summed E-state index contributed by atoms with van der Waals surface area (Å²) >= 11 is 2.57. The molecule has 0 saturated carbocycles. The van der Waals surface area contributed by atoms with E-state index in [1.807, 2.05) is 0 Å². The zero-order chi connectivity index (χ0) is 8.32. The summed E-state index contributed by atoms with van der Waals surface area (Å²) in [5.41, 5.74) is 0. The summed E-state index contributed by atoms with van der Waals surface area (Å²) in [7, 11) is 0. The van der Waals surface area contributed by atoms with Crippen molar-refractivity contribution in [2.24, 2.45) is 5.92 Å². The van der Waals surface area contributed by atoms with E-state index >= 15 is 0 Å². The van der Waals surface area contributed by atoms with Gasteiger partial charge in [-0.2, -0.15) is 0 Å². The van der Waals surface area contributed by atoms with Gasteiger partial charge >= 0.3 is 0 Å². The SMILES string of the molecule is CC(C)CC1(I)C=CC=CC1. The highest BCUT2D eigenvalue weighted by Crippen LogP contribution is 2.34. The molecule has 0 N–H and O–H groups in total. The highest BCUT2D eigenvalue weighted by atomic mass is 127. The van der Waals surface area contributed by atoms with Crippen LogP contribution in [0.2, 0.25) is 0 Å². The molecule has 0 bridgehead atoms. The Kier molecular flexibility index (Phi) is 3.16. The fourth-order valence-corrected chi connectivity index (χ4v) is 2.81. The number of rotatable bonds is 2. The minimum atomic E-state index is 0.403. The van der Waals surface area contributed by atoms with E-state index in [1.54, 1.807) is 0 Å². The molecule has 0 aromatic rings. The molecular weight excluding hydrogens is 247 g/mol. The van der Waals surface area contributed by atoms with Crippen LogP contribution >= 0.6 is 22.6 Å². The Labute approximate surface area is 82.9 Å². The molecule has 1 aliphatic rings. The third-order valence-electron chi connectivity index (χ3n) is 1.85. The Morgan fingerprint density at radius 3 is 2.64 bits per heavy atom. The predicted octanol–water partition coefficient (Wildman–Crippen LogP) is 3.72. The first-order valence-corrected chi connectivity index (χ1v) is 5.23. The summed E-state index contributed by atoms with van der Waals surface area (Å²) in [6.07, 6.45) is 11.4. The standard InChI is InChI=1S/C10H15I/c1-9(2)8-10(11)6-4-3-5-7-10/h3-6,9H,7-8H2,1-2H3. The van der Waals surface area contributed by atoms with Crippen LogP contribution < -0.4 is 0 Å². The highest BCUT2D eigenvalue weighted by molar-refractivity contribution is 14.1. The average Bonchev–Trinajstić information content (AvgIpc) is 1.85. The fourth-order valence-electron chi connectivity index (χ4n) is 1.47. The molecule has 0 heterocycles.